The number of carboxylic acid groups (broad SMARTS) is 1. The van der Waals surface area contributed by atoms with Gasteiger partial charge in [0.1, 0.15) is 11.3 Å². The van der Waals surface area contributed by atoms with E-state index in [1.54, 1.807) is 0 Å². The topological polar surface area (TPSA) is 101 Å². The predicted octanol–water partition coefficient (Wildman–Crippen LogP) is 0.160. The number of carbonyl (C=O) groups is 3. The Morgan fingerprint density at radius 2 is 1.73 bits per heavy atom. The van der Waals surface area contributed by atoms with Crippen LogP contribution >= 0.6 is 0 Å². The molecule has 15 heavy (non-hydrogen) atoms. The Kier molecular flexibility index (Phi) is 3.02. The van der Waals surface area contributed by atoms with Gasteiger partial charge in [0.05, 0.1) is 0 Å². The van der Waals surface area contributed by atoms with Crippen LogP contribution in [0.4, 0.5) is 0 Å². The van der Waals surface area contributed by atoms with E-state index in [-0.39, 0.29) is 11.3 Å². The number of rotatable bonds is 1. The summed E-state index contributed by atoms with van der Waals surface area (Å²) >= 11 is 0. The quantitative estimate of drug-likeness (QED) is 0.389. The molecule has 0 atom stereocenters. The summed E-state index contributed by atoms with van der Waals surface area (Å²) < 4.78 is 3.94. The van der Waals surface area contributed by atoms with Gasteiger partial charge in [-0.15, -0.1) is 0 Å². The third kappa shape index (κ3) is 2.53. The maximum Gasteiger partial charge on any atom is 0.425 e. The lowest BCUT2D eigenvalue weighted by Crippen LogP contribution is -2.20. The van der Waals surface area contributed by atoms with E-state index < -0.39 is 17.9 Å². The van der Waals surface area contributed by atoms with Gasteiger partial charge in [-0.25, -0.2) is 14.4 Å². The molecule has 6 heteroatoms. The number of hydrogen-bond acceptors (Lipinski definition) is 5. The van der Waals surface area contributed by atoms with Crippen molar-refractivity contribution in [3.8, 4) is 5.75 Å². The fourth-order valence-electron chi connectivity index (χ4n) is 0.829. The van der Waals surface area contributed by atoms with Gasteiger partial charge in [0.2, 0.25) is 0 Å². The summed E-state index contributed by atoms with van der Waals surface area (Å²) in [5, 5.41) is 17.3. The molecule has 0 saturated heterocycles. The zero-order valence-electron chi connectivity index (χ0n) is 7.34. The van der Waals surface area contributed by atoms with Crippen LogP contribution in [0.2, 0.25) is 0 Å². The largest absolute Gasteiger partial charge is 0.507 e. The minimum absolute atomic E-state index is 0.271. The minimum atomic E-state index is -1.88. The number of aromatic hydroxyl groups is 1. The summed E-state index contributed by atoms with van der Waals surface area (Å²) in [6.45, 7) is 0. The molecule has 0 radical (unpaired) electrons. The Hall–Kier alpha value is -2.37. The average Bonchev–Trinajstić information content (AvgIpc) is 2.18. The third-order valence-corrected chi connectivity index (χ3v) is 1.48. The normalized spacial score (nSPS) is 9.33. The second-order valence-corrected chi connectivity index (χ2v) is 2.50. The van der Waals surface area contributed by atoms with Crippen molar-refractivity contribution in [1.82, 2.24) is 0 Å². The second-order valence-electron chi connectivity index (χ2n) is 2.50. The van der Waals surface area contributed by atoms with Gasteiger partial charge in [0.25, 0.3) is 0 Å². The third-order valence-electron chi connectivity index (χ3n) is 1.48. The molecule has 0 fully saturated rings. The summed E-state index contributed by atoms with van der Waals surface area (Å²) in [6, 6.07) is 5.31. The highest BCUT2D eigenvalue weighted by Crippen LogP contribution is 2.16. The van der Waals surface area contributed by atoms with Crippen LogP contribution in [0.1, 0.15) is 10.4 Å². The van der Waals surface area contributed by atoms with Crippen molar-refractivity contribution in [2.24, 2.45) is 0 Å². The molecule has 78 valence electrons. The van der Waals surface area contributed by atoms with Gasteiger partial charge in [-0.2, -0.15) is 0 Å². The molecule has 1 aromatic rings. The zero-order valence-corrected chi connectivity index (χ0v) is 7.34. The summed E-state index contributed by atoms with van der Waals surface area (Å²) in [7, 11) is 0. The minimum Gasteiger partial charge on any atom is -0.507 e. The van der Waals surface area contributed by atoms with Gasteiger partial charge in [-0.05, 0) is 12.1 Å². The molecule has 0 unspecified atom stereocenters. The Morgan fingerprint density at radius 1 is 1.13 bits per heavy atom. The van der Waals surface area contributed by atoms with Crippen molar-refractivity contribution in [2.45, 2.75) is 0 Å². The molecule has 0 spiro atoms. The highest BCUT2D eigenvalue weighted by molar-refractivity contribution is 6.31. The van der Waals surface area contributed by atoms with E-state index in [0.29, 0.717) is 0 Å². The van der Waals surface area contributed by atoms with Crippen LogP contribution < -0.4 is 0 Å². The summed E-state index contributed by atoms with van der Waals surface area (Å²) in [4.78, 5) is 31.7. The van der Waals surface area contributed by atoms with Crippen LogP contribution in [-0.2, 0) is 14.3 Å². The molecule has 0 aliphatic carbocycles. The highest BCUT2D eigenvalue weighted by Gasteiger charge is 2.20. The van der Waals surface area contributed by atoms with E-state index in [9.17, 15) is 19.5 Å². The summed E-state index contributed by atoms with van der Waals surface area (Å²) in [5.41, 5.74) is -0.271. The number of phenolic OH excluding ortho intramolecular Hbond substituents is 1. The Labute approximate surface area is 83.7 Å². The molecule has 0 heterocycles. The lowest BCUT2D eigenvalue weighted by molar-refractivity contribution is -0.160. The summed E-state index contributed by atoms with van der Waals surface area (Å²) in [5.74, 6) is -5.16. The molecule has 0 aliphatic heterocycles. The monoisotopic (exact) mass is 210 g/mol. The second kappa shape index (κ2) is 4.23. The molecule has 1 rings (SSSR count). The Morgan fingerprint density at radius 3 is 2.27 bits per heavy atom. The smallest absolute Gasteiger partial charge is 0.425 e. The number of aliphatic carboxylic acids is 1. The van der Waals surface area contributed by atoms with Crippen LogP contribution in [0.3, 0.4) is 0 Å². The first-order chi connectivity index (χ1) is 7.02. The number of ether oxygens (including phenoxy) is 1. The van der Waals surface area contributed by atoms with Crippen LogP contribution in [0.15, 0.2) is 24.3 Å². The molecule has 0 aromatic heterocycles. The van der Waals surface area contributed by atoms with Gasteiger partial charge in [-0.1, -0.05) is 12.1 Å². The van der Waals surface area contributed by atoms with Crippen molar-refractivity contribution in [1.29, 1.82) is 0 Å². The van der Waals surface area contributed by atoms with E-state index in [1.165, 1.54) is 24.3 Å². The highest BCUT2D eigenvalue weighted by atomic mass is 16.6. The zero-order chi connectivity index (χ0) is 11.4. The van der Waals surface area contributed by atoms with Gasteiger partial charge in [0, 0.05) is 0 Å². The fourth-order valence-corrected chi connectivity index (χ4v) is 0.829. The maximum absolute atomic E-state index is 11.1. The first-order valence-electron chi connectivity index (χ1n) is 3.80. The van der Waals surface area contributed by atoms with Crippen molar-refractivity contribution < 1.29 is 29.3 Å². The first kappa shape index (κ1) is 10.7. The van der Waals surface area contributed by atoms with E-state index in [4.69, 9.17) is 5.11 Å². The van der Waals surface area contributed by atoms with E-state index >= 15 is 0 Å². The number of carboxylic acids is 1. The van der Waals surface area contributed by atoms with Gasteiger partial charge >= 0.3 is 17.9 Å². The van der Waals surface area contributed by atoms with Crippen LogP contribution in [-0.4, -0.2) is 28.1 Å². The lowest BCUT2D eigenvalue weighted by Gasteiger charge is -2.01. The molecule has 6 nitrogen and oxygen atoms in total. The lowest BCUT2D eigenvalue weighted by atomic mass is 10.2. The molecular formula is C9H6O6. The molecule has 1 aromatic carbocycles. The number of benzene rings is 1. The number of carbonyl (C=O) groups excluding carboxylic acids is 2. The standard InChI is InChI=1S/C9H6O6/c10-6-4-2-1-3-5(6)8(13)15-9(14)7(11)12/h1-4,10H,(H,11,12). The Bertz CT molecular complexity index is 422. The molecular weight excluding hydrogens is 204 g/mol. The van der Waals surface area contributed by atoms with Crippen LogP contribution in [0.25, 0.3) is 0 Å². The molecule has 0 bridgehead atoms. The molecule has 0 amide bonds. The molecule has 0 aliphatic rings. The number of para-hydroxylation sites is 1. The maximum atomic E-state index is 11.1. The van der Waals surface area contributed by atoms with Gasteiger partial charge < -0.3 is 14.9 Å². The van der Waals surface area contributed by atoms with Crippen LogP contribution in [0, 0.1) is 0 Å². The van der Waals surface area contributed by atoms with E-state index in [1.807, 2.05) is 0 Å². The molecule has 2 N–H and O–H groups in total. The van der Waals surface area contributed by atoms with Crippen molar-refractivity contribution >= 4 is 17.9 Å². The SMILES string of the molecule is O=C(O)C(=O)OC(=O)c1ccccc1O. The van der Waals surface area contributed by atoms with Crippen molar-refractivity contribution in [2.75, 3.05) is 0 Å². The van der Waals surface area contributed by atoms with Crippen molar-refractivity contribution in [3.63, 3.8) is 0 Å². The first-order valence-corrected chi connectivity index (χ1v) is 3.80. The van der Waals surface area contributed by atoms with Gasteiger partial charge in [0.15, 0.2) is 0 Å². The van der Waals surface area contributed by atoms with E-state index in [2.05, 4.69) is 4.74 Å². The number of hydrogen-bond donors (Lipinski definition) is 2. The number of esters is 2. The van der Waals surface area contributed by atoms with Crippen molar-refractivity contribution in [3.05, 3.63) is 29.8 Å². The summed E-state index contributed by atoms with van der Waals surface area (Å²) in [6.07, 6.45) is 0. The van der Waals surface area contributed by atoms with Gasteiger partial charge in [-0.3, -0.25) is 0 Å². The number of phenols is 1. The predicted molar refractivity (Wildman–Crippen MR) is 46.2 cm³/mol. The molecule has 0 saturated carbocycles. The van der Waals surface area contributed by atoms with E-state index in [0.717, 1.165) is 0 Å². The average molecular weight is 210 g/mol. The van der Waals surface area contributed by atoms with Crippen LogP contribution in [0.5, 0.6) is 5.75 Å². The Balaban J connectivity index is 2.83. The fraction of sp³-hybridized carbons (Fsp3) is 0.